The zero-order valence-corrected chi connectivity index (χ0v) is 15.2. The van der Waals surface area contributed by atoms with Crippen LogP contribution in [0, 0.1) is 0 Å². The van der Waals surface area contributed by atoms with Gasteiger partial charge in [0.1, 0.15) is 0 Å². The van der Waals surface area contributed by atoms with Gasteiger partial charge >= 0.3 is 6.18 Å². The van der Waals surface area contributed by atoms with Crippen molar-refractivity contribution in [1.82, 2.24) is 4.90 Å². The molecule has 0 heterocycles. The Bertz CT molecular complexity index is 835. The van der Waals surface area contributed by atoms with E-state index in [9.17, 15) is 22.8 Å². The number of amides is 2. The predicted octanol–water partition coefficient (Wildman–Crippen LogP) is 3.48. The summed E-state index contributed by atoms with van der Waals surface area (Å²) in [4.78, 5) is 27.6. The molecule has 0 aliphatic heterocycles. The Morgan fingerprint density at radius 3 is 2.30 bits per heavy atom. The largest absolute Gasteiger partial charge is 0.418 e. The molecule has 144 valence electrons. The van der Waals surface area contributed by atoms with Crippen molar-refractivity contribution in [3.05, 3.63) is 59.7 Å². The van der Waals surface area contributed by atoms with Gasteiger partial charge in [-0.1, -0.05) is 18.2 Å². The number of benzene rings is 2. The quantitative estimate of drug-likeness (QED) is 0.865. The molecule has 8 heteroatoms. The minimum absolute atomic E-state index is 0.342. The zero-order chi connectivity index (χ0) is 20.2. The first-order chi connectivity index (χ1) is 12.6. The first kappa shape index (κ1) is 20.3. The number of rotatable bonds is 5. The van der Waals surface area contributed by atoms with Crippen LogP contribution in [0.25, 0.3) is 0 Å². The molecule has 0 spiro atoms. The zero-order valence-electron chi connectivity index (χ0n) is 15.2. The number of hydrogen-bond acceptors (Lipinski definition) is 3. The van der Waals surface area contributed by atoms with Crippen molar-refractivity contribution in [1.29, 1.82) is 0 Å². The number of carbonyl (C=O) groups is 2. The number of nitrogens with one attached hydrogen (secondary N) is 1. The molecule has 0 saturated carbocycles. The fraction of sp³-hybridized carbons (Fsp3) is 0.263. The van der Waals surface area contributed by atoms with Crippen molar-refractivity contribution in [2.45, 2.75) is 6.18 Å². The van der Waals surface area contributed by atoms with Gasteiger partial charge in [0, 0.05) is 32.4 Å². The maximum atomic E-state index is 13.0. The molecule has 2 aromatic carbocycles. The van der Waals surface area contributed by atoms with Gasteiger partial charge in [-0.2, -0.15) is 13.2 Å². The average molecular weight is 379 g/mol. The van der Waals surface area contributed by atoms with Crippen LogP contribution >= 0.6 is 0 Å². The molecule has 0 aliphatic carbocycles. The van der Waals surface area contributed by atoms with E-state index in [0.717, 1.165) is 16.7 Å². The number of para-hydroxylation sites is 1. The van der Waals surface area contributed by atoms with E-state index in [2.05, 4.69) is 5.32 Å². The molecular weight excluding hydrogens is 359 g/mol. The molecule has 0 bridgehead atoms. The van der Waals surface area contributed by atoms with Gasteiger partial charge in [0.2, 0.25) is 5.91 Å². The standard InChI is InChI=1S/C19H20F3N3O2/c1-24(2)14-8-6-7-13(11-14)18(27)25(3)12-17(26)23-16-10-5-4-9-15(16)19(20,21)22/h4-11H,12H2,1-3H3,(H,23,26). The number of hydrogen-bond donors (Lipinski definition) is 1. The van der Waals surface area contributed by atoms with Crippen LogP contribution in [-0.4, -0.2) is 44.4 Å². The minimum atomic E-state index is -4.59. The van der Waals surface area contributed by atoms with E-state index in [1.165, 1.54) is 25.2 Å². The monoisotopic (exact) mass is 379 g/mol. The van der Waals surface area contributed by atoms with Crippen LogP contribution in [-0.2, 0) is 11.0 Å². The summed E-state index contributed by atoms with van der Waals surface area (Å²) in [6.07, 6.45) is -4.59. The number of likely N-dealkylation sites (N-methyl/N-ethyl adjacent to an activating group) is 1. The lowest BCUT2D eigenvalue weighted by molar-refractivity contribution is -0.137. The lowest BCUT2D eigenvalue weighted by Crippen LogP contribution is -2.35. The molecule has 0 aliphatic rings. The fourth-order valence-corrected chi connectivity index (χ4v) is 2.45. The van der Waals surface area contributed by atoms with Crippen molar-refractivity contribution in [2.24, 2.45) is 0 Å². The number of halogens is 3. The Hall–Kier alpha value is -3.03. The summed E-state index contributed by atoms with van der Waals surface area (Å²) < 4.78 is 39.0. The number of carbonyl (C=O) groups excluding carboxylic acids is 2. The SMILES string of the molecule is CN(CC(=O)Nc1ccccc1C(F)(F)F)C(=O)c1cccc(N(C)C)c1. The summed E-state index contributed by atoms with van der Waals surface area (Å²) in [5, 5.41) is 2.22. The highest BCUT2D eigenvalue weighted by atomic mass is 19.4. The Morgan fingerprint density at radius 1 is 1.00 bits per heavy atom. The van der Waals surface area contributed by atoms with Crippen LogP contribution in [0.5, 0.6) is 0 Å². The van der Waals surface area contributed by atoms with Crippen molar-refractivity contribution in [3.63, 3.8) is 0 Å². The van der Waals surface area contributed by atoms with Crippen LogP contribution < -0.4 is 10.2 Å². The molecule has 2 amide bonds. The van der Waals surface area contributed by atoms with E-state index in [0.29, 0.717) is 5.56 Å². The molecule has 0 aromatic heterocycles. The maximum Gasteiger partial charge on any atom is 0.418 e. The van der Waals surface area contributed by atoms with Crippen molar-refractivity contribution in [3.8, 4) is 0 Å². The van der Waals surface area contributed by atoms with Crippen LogP contribution in [0.4, 0.5) is 24.5 Å². The molecule has 27 heavy (non-hydrogen) atoms. The van der Waals surface area contributed by atoms with Gasteiger partial charge in [0.05, 0.1) is 17.8 Å². The number of nitrogens with zero attached hydrogens (tertiary/aromatic N) is 2. The molecular formula is C19H20F3N3O2. The van der Waals surface area contributed by atoms with Gasteiger partial charge < -0.3 is 15.1 Å². The third-order valence-corrected chi connectivity index (χ3v) is 3.84. The summed E-state index contributed by atoms with van der Waals surface area (Å²) in [6.45, 7) is -0.378. The lowest BCUT2D eigenvalue weighted by atomic mass is 10.1. The van der Waals surface area contributed by atoms with Gasteiger partial charge in [0.25, 0.3) is 5.91 Å². The molecule has 2 aromatic rings. The molecule has 1 N–H and O–H groups in total. The molecule has 0 radical (unpaired) electrons. The summed E-state index contributed by atoms with van der Waals surface area (Å²) in [6, 6.07) is 11.5. The Labute approximate surface area is 155 Å². The smallest absolute Gasteiger partial charge is 0.378 e. The van der Waals surface area contributed by atoms with Gasteiger partial charge in [-0.05, 0) is 30.3 Å². The maximum absolute atomic E-state index is 13.0. The van der Waals surface area contributed by atoms with Crippen LogP contribution in [0.3, 0.4) is 0 Å². The highest BCUT2D eigenvalue weighted by Gasteiger charge is 2.33. The highest BCUT2D eigenvalue weighted by Crippen LogP contribution is 2.34. The van der Waals surface area contributed by atoms with Crippen LogP contribution in [0.2, 0.25) is 0 Å². The summed E-state index contributed by atoms with van der Waals surface area (Å²) in [5.41, 5.74) is -0.0820. The lowest BCUT2D eigenvalue weighted by Gasteiger charge is -2.19. The normalized spacial score (nSPS) is 11.0. The van der Waals surface area contributed by atoms with E-state index < -0.39 is 23.6 Å². The Morgan fingerprint density at radius 2 is 1.67 bits per heavy atom. The minimum Gasteiger partial charge on any atom is -0.378 e. The van der Waals surface area contributed by atoms with Crippen molar-refractivity contribution < 1.29 is 22.8 Å². The number of alkyl halides is 3. The van der Waals surface area contributed by atoms with E-state index in [-0.39, 0.29) is 12.2 Å². The second kappa shape index (κ2) is 8.11. The van der Waals surface area contributed by atoms with E-state index in [4.69, 9.17) is 0 Å². The Kier molecular flexibility index (Phi) is 6.09. The molecule has 0 saturated heterocycles. The molecule has 2 rings (SSSR count). The topological polar surface area (TPSA) is 52.7 Å². The average Bonchev–Trinajstić information content (AvgIpc) is 2.60. The summed E-state index contributed by atoms with van der Waals surface area (Å²) in [7, 11) is 5.08. The molecule has 0 fully saturated rings. The summed E-state index contributed by atoms with van der Waals surface area (Å²) in [5.74, 6) is -1.12. The van der Waals surface area contributed by atoms with E-state index >= 15 is 0 Å². The van der Waals surface area contributed by atoms with Crippen LogP contribution in [0.15, 0.2) is 48.5 Å². The fourth-order valence-electron chi connectivity index (χ4n) is 2.45. The second-order valence-electron chi connectivity index (χ2n) is 6.20. The predicted molar refractivity (Wildman–Crippen MR) is 97.8 cm³/mol. The summed E-state index contributed by atoms with van der Waals surface area (Å²) >= 11 is 0. The van der Waals surface area contributed by atoms with Gasteiger partial charge in [-0.25, -0.2) is 0 Å². The van der Waals surface area contributed by atoms with Crippen molar-refractivity contribution >= 4 is 23.2 Å². The third-order valence-electron chi connectivity index (χ3n) is 3.84. The molecule has 0 atom stereocenters. The second-order valence-corrected chi connectivity index (χ2v) is 6.20. The molecule has 5 nitrogen and oxygen atoms in total. The highest BCUT2D eigenvalue weighted by molar-refractivity contribution is 6.00. The van der Waals surface area contributed by atoms with Gasteiger partial charge in [-0.3, -0.25) is 9.59 Å². The van der Waals surface area contributed by atoms with Gasteiger partial charge in [0.15, 0.2) is 0 Å². The van der Waals surface area contributed by atoms with E-state index in [1.807, 2.05) is 25.1 Å². The Balaban J connectivity index is 2.08. The third kappa shape index (κ3) is 5.22. The van der Waals surface area contributed by atoms with E-state index in [1.54, 1.807) is 18.2 Å². The van der Waals surface area contributed by atoms with Gasteiger partial charge in [-0.15, -0.1) is 0 Å². The first-order valence-corrected chi connectivity index (χ1v) is 8.08. The van der Waals surface area contributed by atoms with Crippen molar-refractivity contribution in [2.75, 3.05) is 37.9 Å². The number of anilines is 2. The van der Waals surface area contributed by atoms with Crippen LogP contribution in [0.1, 0.15) is 15.9 Å². The first-order valence-electron chi connectivity index (χ1n) is 8.08. The molecule has 0 unspecified atom stereocenters.